The SMILES string of the molecule is COc1cccc(Oc2ccccc2C(N)=O)c1[C@@H](C)N. The monoisotopic (exact) mass is 286 g/mol. The molecule has 0 aliphatic heterocycles. The van der Waals surface area contributed by atoms with E-state index in [0.29, 0.717) is 22.8 Å². The molecule has 2 rings (SSSR count). The molecule has 1 amide bonds. The maximum Gasteiger partial charge on any atom is 0.252 e. The van der Waals surface area contributed by atoms with Gasteiger partial charge in [-0.05, 0) is 31.2 Å². The first-order chi connectivity index (χ1) is 10.0. The van der Waals surface area contributed by atoms with Crippen LogP contribution in [-0.2, 0) is 0 Å². The van der Waals surface area contributed by atoms with Crippen LogP contribution >= 0.6 is 0 Å². The fourth-order valence-electron chi connectivity index (χ4n) is 2.12. The Morgan fingerprint density at radius 3 is 2.29 bits per heavy atom. The van der Waals surface area contributed by atoms with Crippen LogP contribution in [-0.4, -0.2) is 13.0 Å². The fraction of sp³-hybridized carbons (Fsp3) is 0.188. The molecule has 5 nitrogen and oxygen atoms in total. The van der Waals surface area contributed by atoms with Gasteiger partial charge in [0.1, 0.15) is 17.2 Å². The summed E-state index contributed by atoms with van der Waals surface area (Å²) >= 11 is 0. The van der Waals surface area contributed by atoms with Crippen molar-refractivity contribution >= 4 is 5.91 Å². The topological polar surface area (TPSA) is 87.6 Å². The van der Waals surface area contributed by atoms with Crippen molar-refractivity contribution < 1.29 is 14.3 Å². The molecule has 0 unspecified atom stereocenters. The van der Waals surface area contributed by atoms with Crippen LogP contribution in [0.5, 0.6) is 17.2 Å². The lowest BCUT2D eigenvalue weighted by molar-refractivity contribution is 0.0998. The lowest BCUT2D eigenvalue weighted by atomic mass is 10.1. The smallest absolute Gasteiger partial charge is 0.252 e. The van der Waals surface area contributed by atoms with Crippen molar-refractivity contribution in [3.8, 4) is 17.2 Å². The average molecular weight is 286 g/mol. The van der Waals surface area contributed by atoms with Crippen molar-refractivity contribution in [3.05, 3.63) is 53.6 Å². The Hall–Kier alpha value is -2.53. The summed E-state index contributed by atoms with van der Waals surface area (Å²) in [5.41, 5.74) is 12.4. The minimum atomic E-state index is -0.546. The molecule has 21 heavy (non-hydrogen) atoms. The van der Waals surface area contributed by atoms with Crippen molar-refractivity contribution in [2.24, 2.45) is 11.5 Å². The molecule has 4 N–H and O–H groups in total. The summed E-state index contributed by atoms with van der Waals surface area (Å²) in [5, 5.41) is 0. The summed E-state index contributed by atoms with van der Waals surface area (Å²) in [6.07, 6.45) is 0. The molecule has 2 aromatic carbocycles. The summed E-state index contributed by atoms with van der Waals surface area (Å²) in [4.78, 5) is 11.4. The van der Waals surface area contributed by atoms with Crippen LogP contribution in [0, 0.1) is 0 Å². The van der Waals surface area contributed by atoms with E-state index in [-0.39, 0.29) is 6.04 Å². The lowest BCUT2D eigenvalue weighted by Crippen LogP contribution is -2.13. The molecule has 0 spiro atoms. The van der Waals surface area contributed by atoms with Crippen molar-refractivity contribution in [3.63, 3.8) is 0 Å². The quantitative estimate of drug-likeness (QED) is 0.884. The highest BCUT2D eigenvalue weighted by Gasteiger charge is 2.17. The Labute approximate surface area is 123 Å². The van der Waals surface area contributed by atoms with E-state index in [1.165, 1.54) is 0 Å². The normalized spacial score (nSPS) is 11.8. The number of rotatable bonds is 5. The van der Waals surface area contributed by atoms with E-state index < -0.39 is 5.91 Å². The number of carbonyl (C=O) groups is 1. The summed E-state index contributed by atoms with van der Waals surface area (Å²) in [7, 11) is 1.57. The second-order valence-corrected chi connectivity index (χ2v) is 4.62. The Morgan fingerprint density at radius 1 is 1.05 bits per heavy atom. The van der Waals surface area contributed by atoms with Gasteiger partial charge in [-0.2, -0.15) is 0 Å². The molecule has 0 bridgehead atoms. The van der Waals surface area contributed by atoms with Crippen LogP contribution in [0.2, 0.25) is 0 Å². The molecule has 0 radical (unpaired) electrons. The van der Waals surface area contributed by atoms with Gasteiger partial charge in [-0.15, -0.1) is 0 Å². The van der Waals surface area contributed by atoms with Crippen LogP contribution < -0.4 is 20.9 Å². The number of primary amides is 1. The number of benzene rings is 2. The number of hydrogen-bond donors (Lipinski definition) is 2. The van der Waals surface area contributed by atoms with Crippen molar-refractivity contribution in [1.82, 2.24) is 0 Å². The first-order valence-corrected chi connectivity index (χ1v) is 6.53. The van der Waals surface area contributed by atoms with Crippen LogP contribution in [0.1, 0.15) is 28.9 Å². The predicted octanol–water partition coefficient (Wildman–Crippen LogP) is 2.61. The van der Waals surface area contributed by atoms with Crippen LogP contribution in [0.25, 0.3) is 0 Å². The third kappa shape index (κ3) is 3.14. The van der Waals surface area contributed by atoms with E-state index in [1.54, 1.807) is 43.5 Å². The number of methoxy groups -OCH3 is 1. The highest BCUT2D eigenvalue weighted by molar-refractivity contribution is 5.95. The lowest BCUT2D eigenvalue weighted by Gasteiger charge is -2.18. The number of amides is 1. The number of ether oxygens (including phenoxy) is 2. The highest BCUT2D eigenvalue weighted by atomic mass is 16.5. The standard InChI is InChI=1S/C16H18N2O3/c1-10(17)15-13(20-2)8-5-9-14(15)21-12-7-4-3-6-11(12)16(18)19/h3-10H,17H2,1-2H3,(H2,18,19)/t10-/m1/s1. The first-order valence-electron chi connectivity index (χ1n) is 6.53. The van der Waals surface area contributed by atoms with E-state index in [9.17, 15) is 4.79 Å². The molecule has 0 fully saturated rings. The maximum atomic E-state index is 11.4. The Balaban J connectivity index is 2.48. The molecule has 0 saturated carbocycles. The summed E-state index contributed by atoms with van der Waals surface area (Å²) < 4.78 is 11.2. The Kier molecular flexibility index (Phi) is 4.45. The van der Waals surface area contributed by atoms with Gasteiger partial charge in [-0.1, -0.05) is 18.2 Å². The molecule has 5 heteroatoms. The van der Waals surface area contributed by atoms with Crippen LogP contribution in [0.15, 0.2) is 42.5 Å². The number of nitrogens with two attached hydrogens (primary N) is 2. The van der Waals surface area contributed by atoms with E-state index in [2.05, 4.69) is 0 Å². The van der Waals surface area contributed by atoms with E-state index in [0.717, 1.165) is 5.56 Å². The molecule has 0 heterocycles. The summed E-state index contributed by atoms with van der Waals surface area (Å²) in [6.45, 7) is 1.84. The molecule has 0 aliphatic rings. The molecule has 110 valence electrons. The number of hydrogen-bond acceptors (Lipinski definition) is 4. The molecule has 1 atom stereocenters. The highest BCUT2D eigenvalue weighted by Crippen LogP contribution is 2.36. The van der Waals surface area contributed by atoms with Crippen LogP contribution in [0.4, 0.5) is 0 Å². The summed E-state index contributed by atoms with van der Waals surface area (Å²) in [6, 6.07) is 11.9. The zero-order chi connectivity index (χ0) is 15.4. The third-order valence-corrected chi connectivity index (χ3v) is 3.07. The molecular weight excluding hydrogens is 268 g/mol. The number of para-hydroxylation sites is 1. The molecule has 0 saturated heterocycles. The van der Waals surface area contributed by atoms with Crippen molar-refractivity contribution in [2.75, 3.05) is 7.11 Å². The largest absolute Gasteiger partial charge is 0.496 e. The molecule has 2 aromatic rings. The van der Waals surface area contributed by atoms with Gasteiger partial charge in [0.05, 0.1) is 18.2 Å². The van der Waals surface area contributed by atoms with Crippen LogP contribution in [0.3, 0.4) is 0 Å². The minimum Gasteiger partial charge on any atom is -0.496 e. The molecular formula is C16H18N2O3. The second kappa shape index (κ2) is 6.28. The van der Waals surface area contributed by atoms with Gasteiger partial charge in [0.2, 0.25) is 0 Å². The van der Waals surface area contributed by atoms with E-state index >= 15 is 0 Å². The van der Waals surface area contributed by atoms with Gasteiger partial charge in [0, 0.05) is 6.04 Å². The first kappa shape index (κ1) is 14.9. The van der Waals surface area contributed by atoms with E-state index in [4.69, 9.17) is 20.9 Å². The van der Waals surface area contributed by atoms with Gasteiger partial charge >= 0.3 is 0 Å². The second-order valence-electron chi connectivity index (χ2n) is 4.62. The Morgan fingerprint density at radius 2 is 1.67 bits per heavy atom. The van der Waals surface area contributed by atoms with E-state index in [1.807, 2.05) is 13.0 Å². The Bertz CT molecular complexity index is 654. The third-order valence-electron chi connectivity index (χ3n) is 3.07. The fourth-order valence-corrected chi connectivity index (χ4v) is 2.12. The molecule has 0 aromatic heterocycles. The molecule has 0 aliphatic carbocycles. The van der Waals surface area contributed by atoms with Crippen molar-refractivity contribution in [1.29, 1.82) is 0 Å². The zero-order valence-corrected chi connectivity index (χ0v) is 12.0. The zero-order valence-electron chi connectivity index (χ0n) is 12.0. The number of carbonyl (C=O) groups excluding carboxylic acids is 1. The minimum absolute atomic E-state index is 0.281. The van der Waals surface area contributed by atoms with Gasteiger partial charge in [0.15, 0.2) is 0 Å². The predicted molar refractivity (Wildman–Crippen MR) is 80.6 cm³/mol. The van der Waals surface area contributed by atoms with Gasteiger partial charge in [-0.25, -0.2) is 0 Å². The summed E-state index contributed by atoms with van der Waals surface area (Å²) in [5.74, 6) is 1.02. The van der Waals surface area contributed by atoms with Crippen molar-refractivity contribution in [2.45, 2.75) is 13.0 Å². The average Bonchev–Trinajstić information content (AvgIpc) is 2.47. The van der Waals surface area contributed by atoms with Gasteiger partial charge in [-0.3, -0.25) is 4.79 Å². The maximum absolute atomic E-state index is 11.4. The van der Waals surface area contributed by atoms with Gasteiger partial charge < -0.3 is 20.9 Å². The van der Waals surface area contributed by atoms with Gasteiger partial charge in [0.25, 0.3) is 5.91 Å².